The molecular formula is C13H20BrNO2. The van der Waals surface area contributed by atoms with Gasteiger partial charge in [0.25, 0.3) is 0 Å². The molecule has 1 rings (SSSR count). The lowest BCUT2D eigenvalue weighted by molar-refractivity contribution is 0.0498. The Morgan fingerprint density at radius 3 is 2.76 bits per heavy atom. The van der Waals surface area contributed by atoms with Gasteiger partial charge in [-0.2, -0.15) is 0 Å². The maximum absolute atomic E-state index is 5.62. The lowest BCUT2D eigenvalue weighted by Gasteiger charge is -2.14. The highest BCUT2D eigenvalue weighted by Crippen LogP contribution is 2.28. The molecule has 96 valence electrons. The molecule has 17 heavy (non-hydrogen) atoms. The van der Waals surface area contributed by atoms with Gasteiger partial charge in [0.15, 0.2) is 6.79 Å². The van der Waals surface area contributed by atoms with Gasteiger partial charge in [-0.15, -0.1) is 0 Å². The lowest BCUT2D eigenvalue weighted by atomic mass is 10.1. The first-order valence-electron chi connectivity index (χ1n) is 5.80. The number of hydrogen-bond donors (Lipinski definition) is 1. The average Bonchev–Trinajstić information content (AvgIpc) is 2.28. The molecule has 1 N–H and O–H groups in total. The second-order valence-electron chi connectivity index (χ2n) is 3.94. The topological polar surface area (TPSA) is 30.5 Å². The van der Waals surface area contributed by atoms with Gasteiger partial charge in [0, 0.05) is 23.7 Å². The van der Waals surface area contributed by atoms with Crippen LogP contribution in [-0.4, -0.2) is 20.4 Å². The lowest BCUT2D eigenvalue weighted by Crippen LogP contribution is -2.15. The van der Waals surface area contributed by atoms with E-state index in [1.54, 1.807) is 7.11 Å². The van der Waals surface area contributed by atoms with Gasteiger partial charge in [-0.3, -0.25) is 0 Å². The zero-order valence-electron chi connectivity index (χ0n) is 10.7. The zero-order valence-corrected chi connectivity index (χ0v) is 12.3. The second kappa shape index (κ2) is 7.69. The molecule has 0 aliphatic heterocycles. The van der Waals surface area contributed by atoms with E-state index in [9.17, 15) is 0 Å². The Labute approximate surface area is 112 Å². The van der Waals surface area contributed by atoms with Crippen molar-refractivity contribution in [1.29, 1.82) is 0 Å². The summed E-state index contributed by atoms with van der Waals surface area (Å²) in [6.45, 7) is 6.30. The normalized spacial score (nSPS) is 10.6. The summed E-state index contributed by atoms with van der Waals surface area (Å²) in [7, 11) is 1.63. The predicted octanol–water partition coefficient (Wildman–Crippen LogP) is 3.24. The summed E-state index contributed by atoms with van der Waals surface area (Å²) in [4.78, 5) is 0. The van der Waals surface area contributed by atoms with Gasteiger partial charge in [-0.25, -0.2) is 0 Å². The molecule has 0 bridgehead atoms. The third kappa shape index (κ3) is 4.66. The molecule has 1 aromatic carbocycles. The van der Waals surface area contributed by atoms with E-state index in [4.69, 9.17) is 9.47 Å². The number of rotatable bonds is 7. The van der Waals surface area contributed by atoms with Crippen molar-refractivity contribution >= 4 is 15.9 Å². The number of benzene rings is 1. The molecule has 3 nitrogen and oxygen atoms in total. The minimum atomic E-state index is 0.281. The molecule has 0 spiro atoms. The standard InChI is InChI=1S/C13H20BrNO2/c1-4-5-15-8-11-7-12(14)6-10(2)13(11)17-9-16-3/h6-7,15H,4-5,8-9H2,1-3H3. The number of halogens is 1. The molecule has 0 saturated carbocycles. The summed E-state index contributed by atoms with van der Waals surface area (Å²) in [6.07, 6.45) is 1.13. The molecule has 0 atom stereocenters. The molecule has 0 aliphatic rings. The highest BCUT2D eigenvalue weighted by atomic mass is 79.9. The number of hydrogen-bond acceptors (Lipinski definition) is 3. The van der Waals surface area contributed by atoms with Crippen LogP contribution in [-0.2, 0) is 11.3 Å². The Morgan fingerprint density at radius 2 is 2.12 bits per heavy atom. The van der Waals surface area contributed by atoms with Gasteiger partial charge < -0.3 is 14.8 Å². The Morgan fingerprint density at radius 1 is 1.35 bits per heavy atom. The van der Waals surface area contributed by atoms with E-state index >= 15 is 0 Å². The van der Waals surface area contributed by atoms with E-state index in [1.165, 1.54) is 0 Å². The van der Waals surface area contributed by atoms with Crippen LogP contribution in [0.15, 0.2) is 16.6 Å². The van der Waals surface area contributed by atoms with E-state index in [2.05, 4.69) is 34.2 Å². The predicted molar refractivity (Wildman–Crippen MR) is 73.4 cm³/mol. The van der Waals surface area contributed by atoms with Crippen LogP contribution in [0.25, 0.3) is 0 Å². The van der Waals surface area contributed by atoms with Gasteiger partial charge >= 0.3 is 0 Å². The van der Waals surface area contributed by atoms with Crippen molar-refractivity contribution in [3.63, 3.8) is 0 Å². The summed E-state index contributed by atoms with van der Waals surface area (Å²) in [5, 5.41) is 3.38. The second-order valence-corrected chi connectivity index (χ2v) is 4.85. The third-order valence-electron chi connectivity index (χ3n) is 2.38. The molecular weight excluding hydrogens is 282 g/mol. The van der Waals surface area contributed by atoms with E-state index < -0.39 is 0 Å². The Hall–Kier alpha value is -0.580. The fourth-order valence-electron chi connectivity index (χ4n) is 1.65. The van der Waals surface area contributed by atoms with Crippen molar-refractivity contribution in [2.45, 2.75) is 26.8 Å². The van der Waals surface area contributed by atoms with Gasteiger partial charge in [0.2, 0.25) is 0 Å². The van der Waals surface area contributed by atoms with E-state index in [-0.39, 0.29) is 6.79 Å². The van der Waals surface area contributed by atoms with Gasteiger partial charge in [-0.05, 0) is 37.6 Å². The van der Waals surface area contributed by atoms with Crippen molar-refractivity contribution < 1.29 is 9.47 Å². The summed E-state index contributed by atoms with van der Waals surface area (Å²) in [5.74, 6) is 0.915. The zero-order chi connectivity index (χ0) is 12.7. The van der Waals surface area contributed by atoms with E-state index in [0.717, 1.165) is 40.9 Å². The highest BCUT2D eigenvalue weighted by molar-refractivity contribution is 9.10. The number of methoxy groups -OCH3 is 1. The number of nitrogens with one attached hydrogen (secondary N) is 1. The summed E-state index contributed by atoms with van der Waals surface area (Å²) >= 11 is 3.51. The molecule has 0 aromatic heterocycles. The molecule has 0 unspecified atom stereocenters. The van der Waals surface area contributed by atoms with Crippen LogP contribution in [0.5, 0.6) is 5.75 Å². The van der Waals surface area contributed by atoms with Crippen LogP contribution in [0.3, 0.4) is 0 Å². The van der Waals surface area contributed by atoms with Crippen molar-refractivity contribution in [2.24, 2.45) is 0 Å². The fourth-order valence-corrected chi connectivity index (χ4v) is 2.27. The first kappa shape index (κ1) is 14.5. The molecule has 0 fully saturated rings. The molecule has 4 heteroatoms. The maximum Gasteiger partial charge on any atom is 0.188 e. The smallest absolute Gasteiger partial charge is 0.188 e. The number of ether oxygens (including phenoxy) is 2. The van der Waals surface area contributed by atoms with Crippen LogP contribution in [0.2, 0.25) is 0 Å². The largest absolute Gasteiger partial charge is 0.467 e. The van der Waals surface area contributed by atoms with Gasteiger partial charge in [0.1, 0.15) is 5.75 Å². The van der Waals surface area contributed by atoms with Crippen LogP contribution < -0.4 is 10.1 Å². The minimum absolute atomic E-state index is 0.281. The van der Waals surface area contributed by atoms with Crippen LogP contribution in [0.4, 0.5) is 0 Å². The van der Waals surface area contributed by atoms with Crippen molar-refractivity contribution in [3.8, 4) is 5.75 Å². The van der Waals surface area contributed by atoms with Crippen LogP contribution >= 0.6 is 15.9 Å². The quantitative estimate of drug-likeness (QED) is 0.619. The monoisotopic (exact) mass is 301 g/mol. The van der Waals surface area contributed by atoms with E-state index in [0.29, 0.717) is 0 Å². The molecule has 1 aromatic rings. The van der Waals surface area contributed by atoms with Gasteiger partial charge in [0.05, 0.1) is 0 Å². The maximum atomic E-state index is 5.62. The molecule has 0 radical (unpaired) electrons. The average molecular weight is 302 g/mol. The van der Waals surface area contributed by atoms with Crippen LogP contribution in [0.1, 0.15) is 24.5 Å². The van der Waals surface area contributed by atoms with Gasteiger partial charge in [-0.1, -0.05) is 22.9 Å². The number of aryl methyl sites for hydroxylation is 1. The SMILES string of the molecule is CCCNCc1cc(Br)cc(C)c1OCOC. The summed E-state index contributed by atoms with van der Waals surface area (Å²) in [5.41, 5.74) is 2.27. The summed E-state index contributed by atoms with van der Waals surface area (Å²) in [6, 6.07) is 4.13. The van der Waals surface area contributed by atoms with E-state index in [1.807, 2.05) is 13.0 Å². The first-order valence-corrected chi connectivity index (χ1v) is 6.59. The Kier molecular flexibility index (Phi) is 6.55. The highest BCUT2D eigenvalue weighted by Gasteiger charge is 2.08. The summed E-state index contributed by atoms with van der Waals surface area (Å²) < 4.78 is 11.7. The Balaban J connectivity index is 2.82. The minimum Gasteiger partial charge on any atom is -0.467 e. The molecule has 0 aliphatic carbocycles. The van der Waals surface area contributed by atoms with Crippen molar-refractivity contribution in [1.82, 2.24) is 5.32 Å². The molecule has 0 amide bonds. The van der Waals surface area contributed by atoms with Crippen molar-refractivity contribution in [2.75, 3.05) is 20.4 Å². The first-order chi connectivity index (χ1) is 8.19. The fraction of sp³-hybridized carbons (Fsp3) is 0.538. The molecule has 0 saturated heterocycles. The third-order valence-corrected chi connectivity index (χ3v) is 2.84. The molecule has 0 heterocycles. The Bertz CT molecular complexity index is 356. The van der Waals surface area contributed by atoms with Crippen molar-refractivity contribution in [3.05, 3.63) is 27.7 Å². The van der Waals surface area contributed by atoms with Crippen LogP contribution in [0, 0.1) is 6.92 Å².